The molecule has 2 atom stereocenters. The molecule has 0 saturated carbocycles. The number of rotatable bonds is 1. The van der Waals surface area contributed by atoms with Crippen molar-refractivity contribution in [1.82, 2.24) is 4.90 Å². The number of likely N-dealkylation sites (N-methyl/N-ethyl adjacent to an activating group) is 1. The molecule has 2 aliphatic rings. The zero-order chi connectivity index (χ0) is 8.82. The maximum Gasteiger partial charge on any atom is 0.0584 e. The van der Waals surface area contributed by atoms with Gasteiger partial charge in [-0.3, -0.25) is 0 Å². The number of hydrogen-bond acceptors (Lipinski definition) is 1. The van der Waals surface area contributed by atoms with Crippen molar-refractivity contribution in [3.8, 4) is 0 Å². The molecule has 0 aromatic carbocycles. The molecule has 66 valence electrons. The Labute approximate surface area is 74.8 Å². The van der Waals surface area contributed by atoms with Gasteiger partial charge in [0.05, 0.1) is 5.54 Å². The lowest BCUT2D eigenvalue weighted by Gasteiger charge is -2.42. The van der Waals surface area contributed by atoms with Crippen LogP contribution < -0.4 is 0 Å². The van der Waals surface area contributed by atoms with Crippen LogP contribution in [0.5, 0.6) is 0 Å². The summed E-state index contributed by atoms with van der Waals surface area (Å²) in [6.07, 6.45) is 11.7. The summed E-state index contributed by atoms with van der Waals surface area (Å²) in [5.41, 5.74) is 0.659. The highest BCUT2D eigenvalue weighted by atomic mass is 15.2. The van der Waals surface area contributed by atoms with Crippen molar-refractivity contribution >= 4 is 0 Å². The van der Waals surface area contributed by atoms with Crippen LogP contribution in [0.15, 0.2) is 24.4 Å². The molecule has 0 spiro atoms. The van der Waals surface area contributed by atoms with Crippen molar-refractivity contribution in [3.05, 3.63) is 24.4 Å². The highest BCUT2D eigenvalue weighted by Gasteiger charge is 2.43. The van der Waals surface area contributed by atoms with E-state index in [0.29, 0.717) is 11.0 Å². The Bertz CT molecular complexity index is 254. The fourth-order valence-electron chi connectivity index (χ4n) is 2.40. The topological polar surface area (TPSA) is 3.24 Å². The highest BCUT2D eigenvalue weighted by Crippen LogP contribution is 2.46. The molecule has 0 aromatic heterocycles. The molecule has 0 fully saturated rings. The van der Waals surface area contributed by atoms with Crippen LogP contribution in [-0.4, -0.2) is 17.5 Å². The van der Waals surface area contributed by atoms with Gasteiger partial charge in [0, 0.05) is 12.5 Å². The molecule has 12 heavy (non-hydrogen) atoms. The van der Waals surface area contributed by atoms with Gasteiger partial charge in [0.15, 0.2) is 0 Å². The van der Waals surface area contributed by atoms with E-state index >= 15 is 0 Å². The van der Waals surface area contributed by atoms with Gasteiger partial charge in [-0.05, 0) is 19.0 Å². The largest absolute Gasteiger partial charge is 0.372 e. The Morgan fingerprint density at radius 2 is 2.08 bits per heavy atom. The first-order valence-corrected chi connectivity index (χ1v) is 4.73. The van der Waals surface area contributed by atoms with Gasteiger partial charge in [-0.1, -0.05) is 32.1 Å². The quantitative estimate of drug-likeness (QED) is 0.537. The molecule has 0 aromatic rings. The third kappa shape index (κ3) is 0.855. The standard InChI is InChI=1S/C11H17N/c1-4-11-6-5-10(2,9-11)7-8-12(11)3/h5-8H,4,9H2,1-3H3. The summed E-state index contributed by atoms with van der Waals surface area (Å²) in [5, 5.41) is 0. The molecule has 2 bridgehead atoms. The van der Waals surface area contributed by atoms with E-state index in [1.165, 1.54) is 12.8 Å². The maximum atomic E-state index is 2.38. The van der Waals surface area contributed by atoms with E-state index in [1.54, 1.807) is 0 Å². The first-order valence-electron chi connectivity index (χ1n) is 4.73. The van der Waals surface area contributed by atoms with Gasteiger partial charge in [0.1, 0.15) is 0 Å². The van der Waals surface area contributed by atoms with Crippen LogP contribution in [0.1, 0.15) is 26.7 Å². The van der Waals surface area contributed by atoms with Crippen LogP contribution in [0, 0.1) is 5.41 Å². The minimum Gasteiger partial charge on any atom is -0.372 e. The summed E-state index contributed by atoms with van der Waals surface area (Å²) in [7, 11) is 2.18. The summed E-state index contributed by atoms with van der Waals surface area (Å²) in [5.74, 6) is 0. The second kappa shape index (κ2) is 2.15. The molecule has 0 saturated heterocycles. The summed E-state index contributed by atoms with van der Waals surface area (Å²) in [6, 6.07) is 0. The predicted octanol–water partition coefficient (Wildman–Crippen LogP) is 2.56. The van der Waals surface area contributed by atoms with Crippen LogP contribution in [-0.2, 0) is 0 Å². The summed E-state index contributed by atoms with van der Waals surface area (Å²) in [4.78, 5) is 2.35. The second-order valence-corrected chi connectivity index (χ2v) is 4.40. The van der Waals surface area contributed by atoms with Crippen molar-refractivity contribution in [1.29, 1.82) is 0 Å². The maximum absolute atomic E-state index is 2.38. The van der Waals surface area contributed by atoms with Gasteiger partial charge >= 0.3 is 0 Å². The van der Waals surface area contributed by atoms with E-state index in [4.69, 9.17) is 0 Å². The lowest BCUT2D eigenvalue weighted by Crippen LogP contribution is -2.43. The van der Waals surface area contributed by atoms with Gasteiger partial charge in [-0.2, -0.15) is 0 Å². The first-order chi connectivity index (χ1) is 5.60. The Morgan fingerprint density at radius 1 is 1.33 bits per heavy atom. The average Bonchev–Trinajstić information content (AvgIpc) is 2.36. The fourth-order valence-corrected chi connectivity index (χ4v) is 2.40. The fraction of sp³-hybridized carbons (Fsp3) is 0.636. The lowest BCUT2D eigenvalue weighted by molar-refractivity contribution is 0.177. The Balaban J connectivity index is 2.41. The van der Waals surface area contributed by atoms with E-state index in [9.17, 15) is 0 Å². The molecule has 1 heterocycles. The summed E-state index contributed by atoms with van der Waals surface area (Å²) >= 11 is 0. The van der Waals surface area contributed by atoms with E-state index in [1.807, 2.05) is 0 Å². The molecule has 2 unspecified atom stereocenters. The SMILES string of the molecule is CCC12C=CC(C)(C=CN1C)C2. The second-order valence-electron chi connectivity index (χ2n) is 4.40. The van der Waals surface area contributed by atoms with E-state index in [-0.39, 0.29) is 0 Å². The number of allylic oxidation sites excluding steroid dienone is 2. The average molecular weight is 163 g/mol. The number of nitrogens with zero attached hydrogens (tertiary/aromatic N) is 1. The van der Waals surface area contributed by atoms with Crippen LogP contribution >= 0.6 is 0 Å². The minimum absolute atomic E-state index is 0.323. The monoisotopic (exact) mass is 163 g/mol. The molecule has 2 rings (SSSR count). The smallest absolute Gasteiger partial charge is 0.0584 e. The van der Waals surface area contributed by atoms with Crippen molar-refractivity contribution in [3.63, 3.8) is 0 Å². The molecule has 1 aliphatic carbocycles. The highest BCUT2D eigenvalue weighted by molar-refractivity contribution is 5.30. The van der Waals surface area contributed by atoms with Crippen molar-refractivity contribution in [2.45, 2.75) is 32.2 Å². The molecule has 1 heteroatoms. The molecular formula is C11H17N. The van der Waals surface area contributed by atoms with Gasteiger partial charge in [-0.15, -0.1) is 0 Å². The van der Waals surface area contributed by atoms with E-state index < -0.39 is 0 Å². The van der Waals surface area contributed by atoms with Crippen LogP contribution in [0.2, 0.25) is 0 Å². The van der Waals surface area contributed by atoms with Gasteiger partial charge in [0.2, 0.25) is 0 Å². The Hall–Kier alpha value is -0.720. The van der Waals surface area contributed by atoms with E-state index in [0.717, 1.165) is 0 Å². The zero-order valence-corrected chi connectivity index (χ0v) is 8.17. The third-order valence-corrected chi connectivity index (χ3v) is 3.45. The molecule has 0 N–H and O–H groups in total. The normalized spacial score (nSPS) is 44.1. The van der Waals surface area contributed by atoms with Crippen molar-refractivity contribution < 1.29 is 0 Å². The molecule has 1 nitrogen and oxygen atoms in total. The molecular weight excluding hydrogens is 146 g/mol. The zero-order valence-electron chi connectivity index (χ0n) is 8.17. The molecule has 0 radical (unpaired) electrons. The Morgan fingerprint density at radius 3 is 2.67 bits per heavy atom. The molecule has 1 aliphatic heterocycles. The Kier molecular flexibility index (Phi) is 1.42. The van der Waals surface area contributed by atoms with Crippen molar-refractivity contribution in [2.75, 3.05) is 7.05 Å². The summed E-state index contributed by atoms with van der Waals surface area (Å²) < 4.78 is 0. The minimum atomic E-state index is 0.323. The van der Waals surface area contributed by atoms with Crippen LogP contribution in [0.4, 0.5) is 0 Å². The van der Waals surface area contributed by atoms with Crippen LogP contribution in [0.25, 0.3) is 0 Å². The van der Waals surface area contributed by atoms with E-state index in [2.05, 4.69) is 50.2 Å². The van der Waals surface area contributed by atoms with Gasteiger partial charge < -0.3 is 4.90 Å². The third-order valence-electron chi connectivity index (χ3n) is 3.45. The van der Waals surface area contributed by atoms with Gasteiger partial charge in [-0.25, -0.2) is 0 Å². The predicted molar refractivity (Wildman–Crippen MR) is 51.8 cm³/mol. The number of hydrogen-bond donors (Lipinski definition) is 0. The first kappa shape index (κ1) is 7.90. The van der Waals surface area contributed by atoms with Gasteiger partial charge in [0.25, 0.3) is 0 Å². The summed E-state index contributed by atoms with van der Waals surface area (Å²) in [6.45, 7) is 4.58. The lowest BCUT2D eigenvalue weighted by atomic mass is 9.80. The van der Waals surface area contributed by atoms with Crippen molar-refractivity contribution in [2.24, 2.45) is 5.41 Å². The number of fused-ring (bicyclic) bond motifs is 2. The molecule has 0 amide bonds. The van der Waals surface area contributed by atoms with Crippen LogP contribution in [0.3, 0.4) is 0 Å².